The maximum absolute atomic E-state index is 12.4. The Morgan fingerprint density at radius 1 is 1.23 bits per heavy atom. The third-order valence-electron chi connectivity index (χ3n) is 4.68. The number of carbonyl (C=O) groups excluding carboxylic acids is 1. The second-order valence-electron chi connectivity index (χ2n) is 6.76. The fourth-order valence-electron chi connectivity index (χ4n) is 3.26. The SMILES string of the molecule is Cn1c(O)c(C=N[C@@H]2C(=O)N3[C@@H]2SC(C)(C)[C@H]3C(=O)O)c(=O)n(C)c1=O. The van der Waals surface area contributed by atoms with E-state index in [1.165, 1.54) is 30.8 Å². The molecule has 1 aromatic rings. The second kappa shape index (κ2) is 5.73. The van der Waals surface area contributed by atoms with Crippen LogP contribution in [0.25, 0.3) is 0 Å². The third-order valence-corrected chi connectivity index (χ3v) is 6.24. The highest BCUT2D eigenvalue weighted by Gasteiger charge is 2.63. The number of carboxylic acid groups (broad SMARTS) is 1. The summed E-state index contributed by atoms with van der Waals surface area (Å²) in [5.41, 5.74) is -1.63. The highest BCUT2D eigenvalue weighted by atomic mass is 32.2. The monoisotopic (exact) mass is 382 g/mol. The first-order valence-electron chi connectivity index (χ1n) is 7.74. The van der Waals surface area contributed by atoms with Crippen LogP contribution in [0.5, 0.6) is 5.88 Å². The smallest absolute Gasteiger partial charge is 0.333 e. The quantitative estimate of drug-likeness (QED) is 0.491. The summed E-state index contributed by atoms with van der Waals surface area (Å²) in [7, 11) is 2.57. The van der Waals surface area contributed by atoms with Crippen molar-refractivity contribution in [3.05, 3.63) is 26.4 Å². The van der Waals surface area contributed by atoms with E-state index in [4.69, 9.17) is 0 Å². The first-order chi connectivity index (χ1) is 12.0. The van der Waals surface area contributed by atoms with Crippen molar-refractivity contribution >= 4 is 29.9 Å². The van der Waals surface area contributed by atoms with Crippen molar-refractivity contribution in [3.63, 3.8) is 0 Å². The Morgan fingerprint density at radius 2 is 1.85 bits per heavy atom. The minimum Gasteiger partial charge on any atom is -0.494 e. The molecule has 2 fully saturated rings. The van der Waals surface area contributed by atoms with E-state index in [-0.39, 0.29) is 5.56 Å². The zero-order valence-corrected chi connectivity index (χ0v) is 15.4. The molecule has 3 atom stereocenters. The molecule has 0 saturated carbocycles. The summed E-state index contributed by atoms with van der Waals surface area (Å²) >= 11 is 1.33. The summed E-state index contributed by atoms with van der Waals surface area (Å²) in [6.07, 6.45) is 1.07. The van der Waals surface area contributed by atoms with E-state index in [9.17, 15) is 29.4 Å². The Hall–Kier alpha value is -2.56. The molecular weight excluding hydrogens is 364 g/mol. The summed E-state index contributed by atoms with van der Waals surface area (Å²) in [6, 6.07) is -1.79. The second-order valence-corrected chi connectivity index (χ2v) is 8.54. The van der Waals surface area contributed by atoms with E-state index in [1.807, 2.05) is 0 Å². The predicted molar refractivity (Wildman–Crippen MR) is 93.7 cm³/mol. The summed E-state index contributed by atoms with van der Waals surface area (Å²) in [5, 5.41) is 19.0. The molecule has 0 aliphatic carbocycles. The van der Waals surface area contributed by atoms with E-state index < -0.39 is 51.2 Å². The van der Waals surface area contributed by atoms with Gasteiger partial charge in [-0.2, -0.15) is 0 Å². The zero-order chi connectivity index (χ0) is 19.5. The highest BCUT2D eigenvalue weighted by Crippen LogP contribution is 2.51. The van der Waals surface area contributed by atoms with Crippen LogP contribution in [0.2, 0.25) is 0 Å². The molecule has 1 aromatic heterocycles. The number of nitrogens with zero attached hydrogens (tertiary/aromatic N) is 4. The Balaban J connectivity index is 1.94. The predicted octanol–water partition coefficient (Wildman–Crippen LogP) is -1.28. The molecule has 0 spiro atoms. The van der Waals surface area contributed by atoms with Gasteiger partial charge < -0.3 is 15.1 Å². The lowest BCUT2D eigenvalue weighted by Crippen LogP contribution is -2.64. The van der Waals surface area contributed by atoms with Gasteiger partial charge in [-0.05, 0) is 13.8 Å². The first kappa shape index (κ1) is 18.2. The van der Waals surface area contributed by atoms with Crippen LogP contribution in [0.3, 0.4) is 0 Å². The van der Waals surface area contributed by atoms with Gasteiger partial charge in [-0.25, -0.2) is 9.59 Å². The number of hydrogen-bond donors (Lipinski definition) is 2. The average Bonchev–Trinajstić information content (AvgIpc) is 2.82. The number of carbonyl (C=O) groups is 2. The van der Waals surface area contributed by atoms with Gasteiger partial charge in [0.2, 0.25) is 5.88 Å². The molecule has 1 amide bonds. The summed E-state index contributed by atoms with van der Waals surface area (Å²) in [5.74, 6) is -2.07. The van der Waals surface area contributed by atoms with E-state index in [1.54, 1.807) is 13.8 Å². The minimum absolute atomic E-state index is 0.210. The van der Waals surface area contributed by atoms with Crippen LogP contribution < -0.4 is 11.2 Å². The van der Waals surface area contributed by atoms with E-state index >= 15 is 0 Å². The highest BCUT2D eigenvalue weighted by molar-refractivity contribution is 8.01. The molecule has 0 unspecified atom stereocenters. The Labute approximate surface area is 151 Å². The summed E-state index contributed by atoms with van der Waals surface area (Å²) in [4.78, 5) is 53.1. The Morgan fingerprint density at radius 3 is 2.42 bits per heavy atom. The number of rotatable bonds is 3. The van der Waals surface area contributed by atoms with Crippen LogP contribution in [0.4, 0.5) is 0 Å². The Bertz CT molecular complexity index is 962. The average molecular weight is 382 g/mol. The van der Waals surface area contributed by atoms with E-state index in [2.05, 4.69) is 4.99 Å². The molecule has 2 aliphatic rings. The minimum atomic E-state index is -1.08. The summed E-state index contributed by atoms with van der Waals surface area (Å²) in [6.45, 7) is 3.49. The van der Waals surface area contributed by atoms with Crippen LogP contribution >= 0.6 is 11.8 Å². The first-order valence-corrected chi connectivity index (χ1v) is 8.62. The van der Waals surface area contributed by atoms with Gasteiger partial charge in [-0.1, -0.05) is 0 Å². The lowest BCUT2D eigenvalue weighted by atomic mass is 9.96. The molecule has 2 aliphatic heterocycles. The van der Waals surface area contributed by atoms with E-state index in [0.717, 1.165) is 15.3 Å². The van der Waals surface area contributed by atoms with Crippen LogP contribution in [0.1, 0.15) is 19.4 Å². The van der Waals surface area contributed by atoms with Crippen molar-refractivity contribution in [1.82, 2.24) is 14.0 Å². The molecule has 140 valence electrons. The van der Waals surface area contributed by atoms with Crippen LogP contribution in [-0.2, 0) is 23.7 Å². The zero-order valence-electron chi connectivity index (χ0n) is 14.5. The maximum atomic E-state index is 12.4. The number of amides is 1. The summed E-state index contributed by atoms with van der Waals surface area (Å²) < 4.78 is 1.04. The molecule has 0 aromatic carbocycles. The van der Waals surface area contributed by atoms with Crippen LogP contribution in [-0.4, -0.2) is 64.5 Å². The topological polar surface area (TPSA) is 134 Å². The number of aromatic hydroxyl groups is 1. The normalized spacial score (nSPS) is 26.8. The maximum Gasteiger partial charge on any atom is 0.333 e. The largest absolute Gasteiger partial charge is 0.494 e. The fraction of sp³-hybridized carbons (Fsp3) is 0.533. The number of fused-ring (bicyclic) bond motifs is 1. The van der Waals surface area contributed by atoms with Gasteiger partial charge in [0, 0.05) is 25.1 Å². The molecule has 0 radical (unpaired) electrons. The lowest BCUT2D eigenvalue weighted by molar-refractivity contribution is -0.158. The van der Waals surface area contributed by atoms with Gasteiger partial charge in [-0.3, -0.25) is 23.7 Å². The number of hydrogen-bond acceptors (Lipinski definition) is 7. The molecule has 2 N–H and O–H groups in total. The van der Waals surface area contributed by atoms with Crippen LogP contribution in [0, 0.1) is 0 Å². The van der Waals surface area contributed by atoms with Crippen molar-refractivity contribution in [2.45, 2.75) is 36.1 Å². The number of thioether (sulfide) groups is 1. The van der Waals surface area contributed by atoms with Crippen molar-refractivity contribution in [3.8, 4) is 5.88 Å². The van der Waals surface area contributed by atoms with Crippen molar-refractivity contribution in [1.29, 1.82) is 0 Å². The number of β-lactam (4-membered cyclic amide) rings is 1. The van der Waals surface area contributed by atoms with Gasteiger partial charge >= 0.3 is 11.7 Å². The van der Waals surface area contributed by atoms with Crippen molar-refractivity contribution < 1.29 is 19.8 Å². The number of carboxylic acids is 1. The van der Waals surface area contributed by atoms with Crippen molar-refractivity contribution in [2.24, 2.45) is 19.1 Å². The molecule has 0 bridgehead atoms. The molecule has 26 heavy (non-hydrogen) atoms. The van der Waals surface area contributed by atoms with Gasteiger partial charge in [0.25, 0.3) is 11.5 Å². The number of aliphatic carboxylic acids is 1. The Kier molecular flexibility index (Phi) is 4.02. The molecule has 10 nitrogen and oxygen atoms in total. The van der Waals surface area contributed by atoms with Gasteiger partial charge in [0.1, 0.15) is 17.0 Å². The molecular formula is C15H18N4O6S. The van der Waals surface area contributed by atoms with Gasteiger partial charge in [0.15, 0.2) is 6.04 Å². The van der Waals surface area contributed by atoms with E-state index in [0.29, 0.717) is 0 Å². The molecule has 3 heterocycles. The third kappa shape index (κ3) is 2.37. The standard InChI is InChI=1S/C15H18N4O6S/c1-15(2)8(13(23)24)19-11(22)7(12(19)26-15)16-5-6-9(20)17(3)14(25)18(4)10(6)21/h5,7-8,12,20H,1-4H3,(H,23,24)/t7-,8-,12-/m1/s1. The molecule has 11 heteroatoms. The fourth-order valence-corrected chi connectivity index (χ4v) is 4.88. The number of aromatic nitrogens is 2. The molecule has 2 saturated heterocycles. The lowest BCUT2D eigenvalue weighted by Gasteiger charge is -2.41. The van der Waals surface area contributed by atoms with Crippen molar-refractivity contribution in [2.75, 3.05) is 0 Å². The van der Waals surface area contributed by atoms with Gasteiger partial charge in [-0.15, -0.1) is 11.8 Å². The number of aliphatic imine (C=N–C) groups is 1. The molecule has 3 rings (SSSR count). The van der Waals surface area contributed by atoms with Gasteiger partial charge in [0.05, 0.1) is 0 Å². The van der Waals surface area contributed by atoms with Crippen LogP contribution in [0.15, 0.2) is 14.6 Å².